The van der Waals surface area contributed by atoms with Crippen LogP contribution in [-0.4, -0.2) is 11.4 Å². The molecule has 68 heavy (non-hydrogen) atoms. The molecule has 328 valence electrons. The van der Waals surface area contributed by atoms with E-state index in [2.05, 4.69) is 197 Å². The van der Waals surface area contributed by atoms with E-state index in [1.54, 1.807) is 0 Å². The van der Waals surface area contributed by atoms with E-state index in [1.165, 1.54) is 124 Å². The molecule has 3 aliphatic rings. The quantitative estimate of drug-likeness (QED) is 0.161. The van der Waals surface area contributed by atoms with Gasteiger partial charge in [0.25, 0.3) is 0 Å². The highest BCUT2D eigenvalue weighted by Gasteiger charge is 2.47. The van der Waals surface area contributed by atoms with Crippen LogP contribution in [0.1, 0.15) is 78.0 Å². The van der Waals surface area contributed by atoms with E-state index in [-0.39, 0.29) is 23.1 Å². The monoisotopic (exact) mass is 912 g/mol. The van der Waals surface area contributed by atoms with Gasteiger partial charge in [0.05, 0.1) is 17.3 Å². The Morgan fingerprint density at radius 1 is 0.588 bits per heavy atom. The number of thiophene rings is 2. The predicted molar refractivity (Wildman–Crippen MR) is 295 cm³/mol. The van der Waals surface area contributed by atoms with Gasteiger partial charge >= 0.3 is 6.85 Å². The molecule has 0 amide bonds. The van der Waals surface area contributed by atoms with Gasteiger partial charge in [0.2, 0.25) is 0 Å². The van der Waals surface area contributed by atoms with E-state index >= 15 is 0 Å². The zero-order valence-electron chi connectivity index (χ0n) is 39.5. The zero-order chi connectivity index (χ0) is 45.7. The Morgan fingerprint density at radius 2 is 1.28 bits per heavy atom. The van der Waals surface area contributed by atoms with E-state index in [1.807, 2.05) is 28.9 Å². The van der Waals surface area contributed by atoms with Crippen LogP contribution in [0.15, 0.2) is 150 Å². The molecule has 0 radical (unpaired) electrons. The lowest BCUT2D eigenvalue weighted by atomic mass is 9.43. The molecule has 6 heteroatoms. The summed E-state index contributed by atoms with van der Waals surface area (Å²) in [5.41, 5.74) is 19.3. The minimum atomic E-state index is -0.153. The molecule has 0 fully saturated rings. The smallest absolute Gasteiger partial charge is 0.333 e. The SMILES string of the molecule is CC(C)(C)c1ccc(N2B3c4cc5occ(-c6ccccc6)c5cc4-n4c5cc6c(cc5c5c7sc8ccccc8c7c(c3c54)-c3cc4c(cc32)sc2ccccc24)C(C)(C)CCC6(C)C)cc1. The van der Waals surface area contributed by atoms with Crippen LogP contribution < -0.4 is 15.7 Å². The third-order valence-electron chi connectivity index (χ3n) is 16.4. The summed E-state index contributed by atoms with van der Waals surface area (Å²) in [5, 5.41) is 9.25. The number of hydrogen-bond acceptors (Lipinski definition) is 4. The first-order chi connectivity index (χ1) is 32.8. The van der Waals surface area contributed by atoms with Crippen molar-refractivity contribution >= 4 is 125 Å². The maximum atomic E-state index is 6.71. The van der Waals surface area contributed by atoms with Crippen molar-refractivity contribution in [3.63, 3.8) is 0 Å². The molecule has 0 unspecified atom stereocenters. The molecule has 0 N–H and O–H groups in total. The van der Waals surface area contributed by atoms with Crippen LogP contribution in [-0.2, 0) is 16.2 Å². The molecule has 0 spiro atoms. The van der Waals surface area contributed by atoms with E-state index in [9.17, 15) is 0 Å². The van der Waals surface area contributed by atoms with Crippen LogP contribution in [0, 0.1) is 0 Å². The minimum absolute atomic E-state index is 0.0218. The molecular formula is C62H49BN2OS2. The summed E-state index contributed by atoms with van der Waals surface area (Å²) >= 11 is 3.89. The van der Waals surface area contributed by atoms with Gasteiger partial charge in [-0.15, -0.1) is 22.7 Å². The summed E-state index contributed by atoms with van der Waals surface area (Å²) in [5.74, 6) is 0. The number of hydrogen-bond donors (Lipinski definition) is 0. The van der Waals surface area contributed by atoms with E-state index in [0.717, 1.165) is 28.5 Å². The lowest BCUT2D eigenvalue weighted by molar-refractivity contribution is 0.332. The Balaban J connectivity index is 1.19. The number of furan rings is 1. The fourth-order valence-corrected chi connectivity index (χ4v) is 15.2. The Bertz CT molecular complexity index is 4190. The molecule has 1 aliphatic carbocycles. The highest BCUT2D eigenvalue weighted by molar-refractivity contribution is 7.27. The summed E-state index contributed by atoms with van der Waals surface area (Å²) in [6.07, 6.45) is 4.31. The molecular weight excluding hydrogens is 864 g/mol. The summed E-state index contributed by atoms with van der Waals surface area (Å²) in [6.45, 7) is 16.7. The van der Waals surface area contributed by atoms with Crippen LogP contribution in [0.5, 0.6) is 0 Å². The van der Waals surface area contributed by atoms with Crippen LogP contribution in [0.2, 0.25) is 0 Å². The molecule has 0 saturated carbocycles. The van der Waals surface area contributed by atoms with Crippen molar-refractivity contribution in [2.45, 2.75) is 77.6 Å². The molecule has 3 nitrogen and oxygen atoms in total. The Labute approximate surface area is 404 Å². The Hall–Kier alpha value is -6.60. The highest BCUT2D eigenvalue weighted by Crippen LogP contribution is 2.56. The molecule has 0 atom stereocenters. The van der Waals surface area contributed by atoms with Crippen molar-refractivity contribution in [1.82, 2.24) is 4.57 Å². The van der Waals surface area contributed by atoms with Crippen molar-refractivity contribution in [3.05, 3.63) is 162 Å². The number of anilines is 2. The van der Waals surface area contributed by atoms with E-state index in [0.29, 0.717) is 0 Å². The first-order valence-electron chi connectivity index (χ1n) is 24.3. The van der Waals surface area contributed by atoms with Gasteiger partial charge in [-0.2, -0.15) is 0 Å². The van der Waals surface area contributed by atoms with Gasteiger partial charge in [0, 0.05) is 84.7 Å². The zero-order valence-corrected chi connectivity index (χ0v) is 41.1. The third-order valence-corrected chi connectivity index (χ3v) is 18.8. The summed E-state index contributed by atoms with van der Waals surface area (Å²) < 4.78 is 14.8. The minimum Gasteiger partial charge on any atom is -0.464 e. The van der Waals surface area contributed by atoms with E-state index < -0.39 is 0 Å². The number of benzene rings is 8. The predicted octanol–water partition coefficient (Wildman–Crippen LogP) is 16.8. The van der Waals surface area contributed by atoms with Crippen molar-refractivity contribution in [2.75, 3.05) is 4.81 Å². The molecule has 6 heterocycles. The second kappa shape index (κ2) is 13.1. The maximum Gasteiger partial charge on any atom is 0.333 e. The largest absolute Gasteiger partial charge is 0.464 e. The molecule has 0 bridgehead atoms. The normalized spacial score (nSPS) is 15.9. The average molecular weight is 913 g/mol. The number of fused-ring (bicyclic) bond motifs is 18. The van der Waals surface area contributed by atoms with Crippen molar-refractivity contribution in [3.8, 4) is 27.9 Å². The lowest BCUT2D eigenvalue weighted by Crippen LogP contribution is -2.60. The van der Waals surface area contributed by atoms with Crippen LogP contribution in [0.3, 0.4) is 0 Å². The number of nitrogens with zero attached hydrogens (tertiary/aromatic N) is 2. The fraction of sp³-hybridized carbons (Fsp3) is 0.194. The van der Waals surface area contributed by atoms with Crippen molar-refractivity contribution < 1.29 is 4.42 Å². The number of aromatic nitrogens is 1. The molecule has 15 rings (SSSR count). The summed E-state index contributed by atoms with van der Waals surface area (Å²) in [6, 6.07) is 53.7. The number of rotatable bonds is 2. The van der Waals surface area contributed by atoms with Crippen LogP contribution in [0.4, 0.5) is 11.4 Å². The first-order valence-corrected chi connectivity index (χ1v) is 25.9. The summed E-state index contributed by atoms with van der Waals surface area (Å²) in [4.78, 5) is 2.71. The second-order valence-corrected chi connectivity index (χ2v) is 24.4. The molecule has 0 saturated heterocycles. The van der Waals surface area contributed by atoms with Crippen molar-refractivity contribution in [1.29, 1.82) is 0 Å². The highest BCUT2D eigenvalue weighted by atomic mass is 32.1. The van der Waals surface area contributed by atoms with Gasteiger partial charge < -0.3 is 13.8 Å². The second-order valence-electron chi connectivity index (χ2n) is 22.3. The maximum absolute atomic E-state index is 6.71. The Kier molecular flexibility index (Phi) is 7.61. The fourth-order valence-electron chi connectivity index (χ4n) is 12.8. The first kappa shape index (κ1) is 39.4. The standard InChI is InChI=1S/C62H49BN2OS2/c1-60(2,3)35-21-23-36(24-22-35)65-48-32-53-40(37-17-11-13-19-51(37)67-53)27-41(48)54-55-38-18-12-14-20-52(38)68-59(55)56-42-28-44-45(62(6,7)26-25-61(44,4)5)30-47(42)64-49-29-39-43(34-15-9-8-10-16-34)33-66-50(39)31-46(49)63(65)57(54)58(56)64/h8-24,27-33H,25-26H2,1-7H3. The Morgan fingerprint density at radius 3 is 2.03 bits per heavy atom. The van der Waals surface area contributed by atoms with Gasteiger partial charge in [-0.05, 0) is 128 Å². The van der Waals surface area contributed by atoms with Gasteiger partial charge in [0.15, 0.2) is 0 Å². The lowest BCUT2D eigenvalue weighted by Gasteiger charge is -2.42. The van der Waals surface area contributed by atoms with Crippen LogP contribution in [0.25, 0.3) is 101 Å². The molecule has 2 aliphatic heterocycles. The molecule has 8 aromatic carbocycles. The van der Waals surface area contributed by atoms with Crippen molar-refractivity contribution in [2.24, 2.45) is 0 Å². The van der Waals surface area contributed by atoms with Gasteiger partial charge in [-0.1, -0.05) is 127 Å². The van der Waals surface area contributed by atoms with Gasteiger partial charge in [-0.25, -0.2) is 0 Å². The van der Waals surface area contributed by atoms with E-state index in [4.69, 9.17) is 4.42 Å². The van der Waals surface area contributed by atoms with Gasteiger partial charge in [0.1, 0.15) is 5.58 Å². The molecule has 4 aromatic heterocycles. The summed E-state index contributed by atoms with van der Waals surface area (Å²) in [7, 11) is 0. The van der Waals surface area contributed by atoms with Gasteiger partial charge in [-0.3, -0.25) is 0 Å². The van der Waals surface area contributed by atoms with Crippen LogP contribution >= 0.6 is 22.7 Å². The average Bonchev–Trinajstić information content (AvgIpc) is 4.11. The topological polar surface area (TPSA) is 21.3 Å². The molecule has 12 aromatic rings. The third kappa shape index (κ3) is 5.10.